The quantitative estimate of drug-likeness (QED) is 0.780. The molecule has 2 amide bonds. The van der Waals surface area contributed by atoms with Crippen LogP contribution in [-0.2, 0) is 16.4 Å². The fourth-order valence-corrected chi connectivity index (χ4v) is 5.68. The van der Waals surface area contributed by atoms with E-state index in [9.17, 15) is 13.2 Å². The highest BCUT2D eigenvalue weighted by atomic mass is 32.2. The standard InChI is InChI=1S/C21H25N3O3S/c1-16-7-8-17(2)20(15-16)28(26,27)23-13-11-22(12-14-23)21(25)24-10-9-18-5-3-4-6-19(18)24/h3-8,15H,9-14H2,1-2H3. The monoisotopic (exact) mass is 399 g/mol. The molecule has 0 atom stereocenters. The summed E-state index contributed by atoms with van der Waals surface area (Å²) in [5, 5.41) is 0. The molecule has 0 radical (unpaired) electrons. The Kier molecular flexibility index (Phi) is 4.89. The van der Waals surface area contributed by atoms with Crippen LogP contribution >= 0.6 is 0 Å². The van der Waals surface area contributed by atoms with Crippen LogP contribution in [0.4, 0.5) is 10.5 Å². The first-order valence-electron chi connectivity index (χ1n) is 9.60. The molecule has 28 heavy (non-hydrogen) atoms. The van der Waals surface area contributed by atoms with Crippen molar-refractivity contribution in [2.45, 2.75) is 25.2 Å². The summed E-state index contributed by atoms with van der Waals surface area (Å²) in [4.78, 5) is 16.9. The number of anilines is 1. The summed E-state index contributed by atoms with van der Waals surface area (Å²) < 4.78 is 27.6. The number of sulfonamides is 1. The Morgan fingerprint density at radius 1 is 0.929 bits per heavy atom. The molecule has 7 heteroatoms. The number of benzene rings is 2. The van der Waals surface area contributed by atoms with Gasteiger partial charge in [-0.25, -0.2) is 13.2 Å². The predicted molar refractivity (Wildman–Crippen MR) is 109 cm³/mol. The smallest absolute Gasteiger partial charge is 0.322 e. The predicted octanol–water partition coefficient (Wildman–Crippen LogP) is 2.79. The lowest BCUT2D eigenvalue weighted by Crippen LogP contribution is -2.53. The summed E-state index contributed by atoms with van der Waals surface area (Å²) >= 11 is 0. The Balaban J connectivity index is 1.46. The number of fused-ring (bicyclic) bond motifs is 1. The number of hydrogen-bond acceptors (Lipinski definition) is 3. The maximum atomic E-state index is 13.1. The van der Waals surface area contributed by atoms with Gasteiger partial charge in [0, 0.05) is 38.4 Å². The van der Waals surface area contributed by atoms with Gasteiger partial charge in [-0.1, -0.05) is 30.3 Å². The van der Waals surface area contributed by atoms with Crippen LogP contribution in [0.25, 0.3) is 0 Å². The second-order valence-corrected chi connectivity index (χ2v) is 9.38. The van der Waals surface area contributed by atoms with Crippen LogP contribution in [0, 0.1) is 13.8 Å². The highest BCUT2D eigenvalue weighted by Crippen LogP contribution is 2.29. The molecule has 0 aliphatic carbocycles. The van der Waals surface area contributed by atoms with Gasteiger partial charge in [-0.3, -0.25) is 4.90 Å². The molecule has 2 aliphatic rings. The summed E-state index contributed by atoms with van der Waals surface area (Å²) in [7, 11) is -3.55. The zero-order valence-corrected chi connectivity index (χ0v) is 17.1. The fraction of sp³-hybridized carbons (Fsp3) is 0.381. The number of para-hydroxylation sites is 1. The minimum Gasteiger partial charge on any atom is -0.322 e. The van der Waals surface area contributed by atoms with E-state index in [0.717, 1.165) is 23.2 Å². The molecule has 0 N–H and O–H groups in total. The second kappa shape index (κ2) is 7.22. The van der Waals surface area contributed by atoms with Crippen LogP contribution in [0.3, 0.4) is 0 Å². The van der Waals surface area contributed by atoms with Gasteiger partial charge in [-0.05, 0) is 49.1 Å². The Morgan fingerprint density at radius 2 is 1.64 bits per heavy atom. The SMILES string of the molecule is Cc1ccc(C)c(S(=O)(=O)N2CCN(C(=O)N3CCc4ccccc43)CC2)c1. The van der Waals surface area contributed by atoms with Gasteiger partial charge in [-0.2, -0.15) is 4.31 Å². The number of amides is 2. The highest BCUT2D eigenvalue weighted by molar-refractivity contribution is 7.89. The Hall–Kier alpha value is -2.38. The minimum absolute atomic E-state index is 0.0336. The fourth-order valence-electron chi connectivity index (χ4n) is 3.95. The molecular weight excluding hydrogens is 374 g/mol. The molecule has 2 aromatic rings. The van der Waals surface area contributed by atoms with Crippen molar-refractivity contribution in [2.75, 3.05) is 37.6 Å². The number of hydrogen-bond donors (Lipinski definition) is 0. The van der Waals surface area contributed by atoms with Gasteiger partial charge in [-0.15, -0.1) is 0 Å². The molecule has 2 heterocycles. The summed E-state index contributed by atoms with van der Waals surface area (Å²) in [6.45, 7) is 5.83. The third kappa shape index (κ3) is 3.29. The lowest BCUT2D eigenvalue weighted by atomic mass is 10.2. The van der Waals surface area contributed by atoms with E-state index in [-0.39, 0.29) is 6.03 Å². The molecule has 2 aromatic carbocycles. The number of carbonyl (C=O) groups excluding carboxylic acids is 1. The molecule has 6 nitrogen and oxygen atoms in total. The normalized spacial score (nSPS) is 17.6. The number of nitrogens with zero attached hydrogens (tertiary/aromatic N) is 3. The van der Waals surface area contributed by atoms with E-state index in [1.807, 2.05) is 49.1 Å². The topological polar surface area (TPSA) is 60.9 Å². The minimum atomic E-state index is -3.55. The van der Waals surface area contributed by atoms with Gasteiger partial charge in [0.1, 0.15) is 0 Å². The summed E-state index contributed by atoms with van der Waals surface area (Å²) in [5.41, 5.74) is 3.83. The molecule has 0 spiro atoms. The van der Waals surface area contributed by atoms with Gasteiger partial charge in [0.15, 0.2) is 0 Å². The first-order valence-corrected chi connectivity index (χ1v) is 11.0. The number of urea groups is 1. The van der Waals surface area contributed by atoms with Gasteiger partial charge < -0.3 is 4.90 Å². The van der Waals surface area contributed by atoms with Crippen LogP contribution in [0.1, 0.15) is 16.7 Å². The van der Waals surface area contributed by atoms with Crippen LogP contribution < -0.4 is 4.90 Å². The summed E-state index contributed by atoms with van der Waals surface area (Å²) in [5.74, 6) is 0. The molecule has 1 fully saturated rings. The van der Waals surface area contributed by atoms with Crippen molar-refractivity contribution in [2.24, 2.45) is 0 Å². The third-order valence-electron chi connectivity index (χ3n) is 5.59. The van der Waals surface area contributed by atoms with Crippen molar-refractivity contribution in [3.8, 4) is 0 Å². The molecule has 0 bridgehead atoms. The zero-order valence-electron chi connectivity index (χ0n) is 16.3. The van der Waals surface area contributed by atoms with E-state index in [1.54, 1.807) is 11.0 Å². The van der Waals surface area contributed by atoms with E-state index < -0.39 is 10.0 Å². The van der Waals surface area contributed by atoms with E-state index in [4.69, 9.17) is 0 Å². The Labute approximate surface area is 166 Å². The van der Waals surface area contributed by atoms with Gasteiger partial charge in [0.2, 0.25) is 10.0 Å². The number of carbonyl (C=O) groups is 1. The van der Waals surface area contributed by atoms with Gasteiger partial charge in [0.05, 0.1) is 4.90 Å². The number of piperazine rings is 1. The van der Waals surface area contributed by atoms with E-state index in [0.29, 0.717) is 37.6 Å². The van der Waals surface area contributed by atoms with Gasteiger partial charge >= 0.3 is 6.03 Å². The molecule has 0 unspecified atom stereocenters. The van der Waals surface area contributed by atoms with Crippen molar-refractivity contribution in [1.29, 1.82) is 0 Å². The maximum Gasteiger partial charge on any atom is 0.324 e. The first-order chi connectivity index (χ1) is 13.4. The average molecular weight is 400 g/mol. The maximum absolute atomic E-state index is 13.1. The number of aryl methyl sites for hydroxylation is 2. The third-order valence-corrected chi connectivity index (χ3v) is 7.63. The summed E-state index contributed by atoms with van der Waals surface area (Å²) in [6.07, 6.45) is 0.864. The molecule has 2 aliphatic heterocycles. The Morgan fingerprint density at radius 3 is 2.39 bits per heavy atom. The van der Waals surface area contributed by atoms with Crippen LogP contribution in [0.5, 0.6) is 0 Å². The average Bonchev–Trinajstić information content (AvgIpc) is 3.13. The van der Waals surface area contributed by atoms with Crippen molar-refractivity contribution in [3.05, 3.63) is 59.2 Å². The zero-order chi connectivity index (χ0) is 19.9. The molecule has 0 saturated carbocycles. The van der Waals surface area contributed by atoms with Crippen molar-refractivity contribution in [3.63, 3.8) is 0 Å². The van der Waals surface area contributed by atoms with E-state index in [2.05, 4.69) is 6.07 Å². The second-order valence-electron chi connectivity index (χ2n) is 7.47. The van der Waals surface area contributed by atoms with E-state index >= 15 is 0 Å². The number of rotatable bonds is 2. The first kappa shape index (κ1) is 19.0. The van der Waals surface area contributed by atoms with Crippen molar-refractivity contribution >= 4 is 21.7 Å². The van der Waals surface area contributed by atoms with Crippen LogP contribution in [-0.4, -0.2) is 56.4 Å². The highest BCUT2D eigenvalue weighted by Gasteiger charge is 2.34. The van der Waals surface area contributed by atoms with E-state index in [1.165, 1.54) is 9.87 Å². The van der Waals surface area contributed by atoms with Crippen LogP contribution in [0.2, 0.25) is 0 Å². The molecule has 4 rings (SSSR count). The van der Waals surface area contributed by atoms with Crippen molar-refractivity contribution in [1.82, 2.24) is 9.21 Å². The largest absolute Gasteiger partial charge is 0.324 e. The molecule has 1 saturated heterocycles. The summed E-state index contributed by atoms with van der Waals surface area (Å²) in [6, 6.07) is 13.4. The van der Waals surface area contributed by atoms with Crippen molar-refractivity contribution < 1.29 is 13.2 Å². The molecule has 0 aromatic heterocycles. The van der Waals surface area contributed by atoms with Crippen LogP contribution in [0.15, 0.2) is 47.4 Å². The lowest BCUT2D eigenvalue weighted by molar-refractivity contribution is 0.178. The molecule has 148 valence electrons. The lowest BCUT2D eigenvalue weighted by Gasteiger charge is -2.36. The van der Waals surface area contributed by atoms with Gasteiger partial charge in [0.25, 0.3) is 0 Å². The Bertz CT molecular complexity index is 1010. The molecular formula is C21H25N3O3S.